The zero-order valence-corrected chi connectivity index (χ0v) is 14.6. The van der Waals surface area contributed by atoms with Gasteiger partial charge in [0.1, 0.15) is 5.76 Å². The molecule has 0 radical (unpaired) electrons. The lowest BCUT2D eigenvalue weighted by Gasteiger charge is -2.33. The minimum atomic E-state index is -0.670. The topological polar surface area (TPSA) is 87.7 Å². The number of carbonyl (C=O) groups excluding carboxylic acids is 2. The molecule has 0 unspecified atom stereocenters. The first-order chi connectivity index (χ1) is 12.2. The van der Waals surface area contributed by atoms with E-state index in [0.29, 0.717) is 12.3 Å². The number of nitrogens with one attached hydrogen (secondary N) is 2. The first-order valence-electron chi connectivity index (χ1n) is 8.16. The number of hydrogen-bond donors (Lipinski definition) is 2. The summed E-state index contributed by atoms with van der Waals surface area (Å²) in [6.07, 6.45) is 4.84. The molecule has 1 aliphatic rings. The van der Waals surface area contributed by atoms with Crippen LogP contribution in [0.5, 0.6) is 0 Å². The molecule has 0 aliphatic carbocycles. The van der Waals surface area contributed by atoms with E-state index in [1.165, 1.54) is 6.26 Å². The highest BCUT2D eigenvalue weighted by atomic mass is 32.2. The second kappa shape index (κ2) is 8.77. The molecule has 2 aromatic rings. The highest BCUT2D eigenvalue weighted by Gasteiger charge is 2.25. The van der Waals surface area contributed by atoms with Gasteiger partial charge in [0.05, 0.1) is 31.4 Å². The molecule has 25 heavy (non-hydrogen) atoms. The largest absolute Gasteiger partial charge is 0.472 e. The van der Waals surface area contributed by atoms with Crippen molar-refractivity contribution in [1.82, 2.24) is 15.5 Å². The Morgan fingerprint density at radius 2 is 1.96 bits per heavy atom. The molecule has 1 saturated heterocycles. The van der Waals surface area contributed by atoms with Crippen molar-refractivity contribution in [3.05, 3.63) is 48.3 Å². The maximum Gasteiger partial charge on any atom is 0.309 e. The zero-order valence-electron chi connectivity index (χ0n) is 13.8. The van der Waals surface area contributed by atoms with Crippen LogP contribution in [-0.4, -0.2) is 47.9 Å². The molecule has 3 rings (SSSR count). The Kier molecular flexibility index (Phi) is 6.19. The Morgan fingerprint density at radius 3 is 2.64 bits per heavy atom. The minimum Gasteiger partial charge on any atom is -0.472 e. The second-order valence-electron chi connectivity index (χ2n) is 5.69. The maximum atomic E-state index is 12.1. The summed E-state index contributed by atoms with van der Waals surface area (Å²) in [5, 5.41) is 5.27. The molecule has 2 aromatic heterocycles. The molecule has 1 atom stereocenters. The smallest absolute Gasteiger partial charge is 0.309 e. The molecular weight excluding hydrogens is 342 g/mol. The first kappa shape index (κ1) is 17.6. The summed E-state index contributed by atoms with van der Waals surface area (Å²) < 4.78 is 10.3. The fraction of sp³-hybridized carbons (Fsp3) is 0.412. The van der Waals surface area contributed by atoms with E-state index in [2.05, 4.69) is 15.5 Å². The number of thioether (sulfide) groups is 1. The zero-order chi connectivity index (χ0) is 17.5. The molecule has 2 amide bonds. The van der Waals surface area contributed by atoms with Crippen molar-refractivity contribution < 1.29 is 18.4 Å². The molecule has 0 spiro atoms. The lowest BCUT2D eigenvalue weighted by molar-refractivity contribution is -0.139. The monoisotopic (exact) mass is 363 g/mol. The van der Waals surface area contributed by atoms with Gasteiger partial charge in [0.15, 0.2) is 0 Å². The van der Waals surface area contributed by atoms with Crippen LogP contribution in [0.4, 0.5) is 0 Å². The van der Waals surface area contributed by atoms with Crippen LogP contribution in [0.1, 0.15) is 17.4 Å². The quantitative estimate of drug-likeness (QED) is 0.755. The van der Waals surface area contributed by atoms with Crippen LogP contribution in [0.25, 0.3) is 0 Å². The van der Waals surface area contributed by atoms with E-state index in [4.69, 9.17) is 8.83 Å². The molecule has 1 fully saturated rings. The lowest BCUT2D eigenvalue weighted by atomic mass is 10.1. The summed E-state index contributed by atoms with van der Waals surface area (Å²) in [5.41, 5.74) is 1.00. The van der Waals surface area contributed by atoms with E-state index < -0.39 is 11.8 Å². The van der Waals surface area contributed by atoms with E-state index >= 15 is 0 Å². The van der Waals surface area contributed by atoms with Crippen molar-refractivity contribution in [3.63, 3.8) is 0 Å². The Labute approximate surface area is 150 Å². The SMILES string of the molecule is O=C(NCc1ccco1)C(=O)NC[C@@H](c1ccoc1)N1CCSCC1. The van der Waals surface area contributed by atoms with Crippen LogP contribution in [0.15, 0.2) is 45.8 Å². The van der Waals surface area contributed by atoms with E-state index in [1.807, 2.05) is 17.8 Å². The van der Waals surface area contributed by atoms with Crippen molar-refractivity contribution in [3.8, 4) is 0 Å². The Morgan fingerprint density at radius 1 is 1.16 bits per heavy atom. The summed E-state index contributed by atoms with van der Waals surface area (Å²) in [6, 6.07) is 5.37. The molecule has 0 bridgehead atoms. The number of hydrogen-bond acceptors (Lipinski definition) is 6. The van der Waals surface area contributed by atoms with Crippen molar-refractivity contribution >= 4 is 23.6 Å². The number of furan rings is 2. The van der Waals surface area contributed by atoms with Crippen LogP contribution in [0.3, 0.4) is 0 Å². The van der Waals surface area contributed by atoms with Gasteiger partial charge in [-0.05, 0) is 18.2 Å². The van der Waals surface area contributed by atoms with Gasteiger partial charge < -0.3 is 19.5 Å². The average Bonchev–Trinajstić information content (AvgIpc) is 3.34. The fourth-order valence-electron chi connectivity index (χ4n) is 2.74. The van der Waals surface area contributed by atoms with Gasteiger partial charge in [-0.15, -0.1) is 0 Å². The number of amides is 2. The highest BCUT2D eigenvalue weighted by molar-refractivity contribution is 7.99. The predicted octanol–water partition coefficient (Wildman–Crippen LogP) is 1.40. The van der Waals surface area contributed by atoms with Crippen LogP contribution in [-0.2, 0) is 16.1 Å². The van der Waals surface area contributed by atoms with Gasteiger partial charge in [-0.25, -0.2) is 0 Å². The molecule has 134 valence electrons. The molecule has 2 N–H and O–H groups in total. The Hall–Kier alpha value is -2.19. The van der Waals surface area contributed by atoms with E-state index in [-0.39, 0.29) is 12.6 Å². The summed E-state index contributed by atoms with van der Waals surface area (Å²) in [7, 11) is 0. The second-order valence-corrected chi connectivity index (χ2v) is 6.92. The molecule has 1 aliphatic heterocycles. The van der Waals surface area contributed by atoms with Gasteiger partial charge in [0, 0.05) is 36.7 Å². The Bertz CT molecular complexity index is 666. The van der Waals surface area contributed by atoms with Crippen LogP contribution in [0, 0.1) is 0 Å². The van der Waals surface area contributed by atoms with Gasteiger partial charge in [-0.3, -0.25) is 14.5 Å². The van der Waals surface area contributed by atoms with Crippen molar-refractivity contribution in [2.45, 2.75) is 12.6 Å². The highest BCUT2D eigenvalue weighted by Crippen LogP contribution is 2.24. The number of nitrogens with zero attached hydrogens (tertiary/aromatic N) is 1. The van der Waals surface area contributed by atoms with Crippen molar-refractivity contribution in [2.24, 2.45) is 0 Å². The van der Waals surface area contributed by atoms with Crippen LogP contribution < -0.4 is 10.6 Å². The molecule has 0 aromatic carbocycles. The first-order valence-corrected chi connectivity index (χ1v) is 9.32. The van der Waals surface area contributed by atoms with Crippen LogP contribution >= 0.6 is 11.8 Å². The molecule has 7 nitrogen and oxygen atoms in total. The van der Waals surface area contributed by atoms with E-state index in [0.717, 1.165) is 30.2 Å². The molecule has 3 heterocycles. The van der Waals surface area contributed by atoms with Gasteiger partial charge in [-0.1, -0.05) is 0 Å². The van der Waals surface area contributed by atoms with Crippen molar-refractivity contribution in [2.75, 3.05) is 31.1 Å². The van der Waals surface area contributed by atoms with Gasteiger partial charge in [0.2, 0.25) is 0 Å². The number of rotatable bonds is 6. The third-order valence-electron chi connectivity index (χ3n) is 4.08. The fourth-order valence-corrected chi connectivity index (χ4v) is 3.67. The van der Waals surface area contributed by atoms with E-state index in [1.54, 1.807) is 24.7 Å². The summed E-state index contributed by atoms with van der Waals surface area (Å²) in [6.45, 7) is 2.44. The van der Waals surface area contributed by atoms with Gasteiger partial charge in [-0.2, -0.15) is 11.8 Å². The third-order valence-corrected chi connectivity index (χ3v) is 5.02. The molecule has 0 saturated carbocycles. The summed E-state index contributed by atoms with van der Waals surface area (Å²) >= 11 is 1.92. The normalized spacial score (nSPS) is 16.3. The lowest BCUT2D eigenvalue weighted by Crippen LogP contribution is -2.45. The summed E-state index contributed by atoms with van der Waals surface area (Å²) in [4.78, 5) is 26.3. The average molecular weight is 363 g/mol. The number of carbonyl (C=O) groups is 2. The van der Waals surface area contributed by atoms with Crippen molar-refractivity contribution in [1.29, 1.82) is 0 Å². The molecule has 8 heteroatoms. The Balaban J connectivity index is 1.52. The van der Waals surface area contributed by atoms with Gasteiger partial charge in [0.25, 0.3) is 0 Å². The predicted molar refractivity (Wildman–Crippen MR) is 93.9 cm³/mol. The maximum absolute atomic E-state index is 12.1. The third kappa shape index (κ3) is 4.90. The van der Waals surface area contributed by atoms with Gasteiger partial charge >= 0.3 is 11.8 Å². The minimum absolute atomic E-state index is 0.00136. The van der Waals surface area contributed by atoms with E-state index in [9.17, 15) is 9.59 Å². The molecular formula is C17H21N3O4S. The summed E-state index contributed by atoms with van der Waals surface area (Å²) in [5.74, 6) is 1.41. The standard InChI is InChI=1S/C17H21N3O4S/c21-16(18-10-14-2-1-6-24-14)17(22)19-11-15(13-3-7-23-12-13)20-4-8-25-9-5-20/h1-3,6-7,12,15H,4-5,8-11H2,(H,18,21)(H,19,22)/t15-/m0/s1. The van der Waals surface area contributed by atoms with Crippen LogP contribution in [0.2, 0.25) is 0 Å².